The standard InChI is InChI=1S/C10H16O4S.C6H13NO/c1-9(2)7-3-4-10(9,8(11)5-7)6-15(12,13)14;1-5-3-7-4-6(2)8-5/h7H,3-6H2,1-2H3,(H,12,13,14);5-7H,3-4H2,1-2H3/t7-,10-;5-,6-/m11/s1. The first kappa shape index (κ1) is 18.8. The minimum Gasteiger partial charge on any atom is -0.373 e. The van der Waals surface area contributed by atoms with Gasteiger partial charge in [-0.2, -0.15) is 8.42 Å². The molecule has 2 saturated carbocycles. The fraction of sp³-hybridized carbons (Fsp3) is 0.938. The molecule has 7 heteroatoms. The number of fused-ring (bicyclic) bond motifs is 2. The highest BCUT2D eigenvalue weighted by Crippen LogP contribution is 2.64. The number of hydrogen-bond donors (Lipinski definition) is 2. The zero-order chi connectivity index (χ0) is 17.5. The second-order valence-electron chi connectivity index (χ2n) is 7.81. The summed E-state index contributed by atoms with van der Waals surface area (Å²) in [5.41, 5.74) is -1.12. The second-order valence-corrected chi connectivity index (χ2v) is 9.26. The molecule has 3 fully saturated rings. The number of rotatable bonds is 2. The summed E-state index contributed by atoms with van der Waals surface area (Å²) in [5.74, 6) is -0.101. The largest absolute Gasteiger partial charge is 0.373 e. The molecule has 3 rings (SSSR count). The summed E-state index contributed by atoms with van der Waals surface area (Å²) in [5, 5.41) is 3.26. The number of Topliss-reactive ketones (excluding diaryl/α,β-unsaturated/α-hetero) is 1. The van der Waals surface area contributed by atoms with Crippen molar-refractivity contribution in [3.05, 3.63) is 0 Å². The smallest absolute Gasteiger partial charge is 0.265 e. The van der Waals surface area contributed by atoms with Crippen molar-refractivity contribution in [2.24, 2.45) is 16.7 Å². The van der Waals surface area contributed by atoms with Crippen LogP contribution in [-0.4, -0.2) is 49.8 Å². The molecule has 2 N–H and O–H groups in total. The molecule has 0 amide bonds. The number of hydrogen-bond acceptors (Lipinski definition) is 5. The average Bonchev–Trinajstić information content (AvgIpc) is 2.71. The van der Waals surface area contributed by atoms with Gasteiger partial charge in [-0.1, -0.05) is 13.8 Å². The fourth-order valence-electron chi connectivity index (χ4n) is 4.40. The van der Waals surface area contributed by atoms with E-state index in [9.17, 15) is 13.2 Å². The Bertz CT molecular complexity index is 551. The first-order chi connectivity index (χ1) is 10.5. The zero-order valence-corrected chi connectivity index (χ0v) is 15.3. The number of ketones is 1. The molecule has 0 radical (unpaired) electrons. The van der Waals surface area contributed by atoms with Crippen molar-refractivity contribution < 1.29 is 22.5 Å². The van der Waals surface area contributed by atoms with Gasteiger partial charge in [-0.15, -0.1) is 0 Å². The van der Waals surface area contributed by atoms with Gasteiger partial charge in [0.2, 0.25) is 0 Å². The third-order valence-electron chi connectivity index (χ3n) is 5.90. The zero-order valence-electron chi connectivity index (χ0n) is 14.5. The number of carbonyl (C=O) groups excluding carboxylic acids is 1. The molecule has 1 heterocycles. The molecule has 0 aromatic rings. The quantitative estimate of drug-likeness (QED) is 0.738. The molecule has 23 heavy (non-hydrogen) atoms. The predicted octanol–water partition coefficient (Wildman–Crippen LogP) is 1.65. The van der Waals surface area contributed by atoms with Crippen LogP contribution < -0.4 is 5.32 Å². The summed E-state index contributed by atoms with van der Waals surface area (Å²) in [6.45, 7) is 10.1. The van der Waals surface area contributed by atoms with E-state index in [4.69, 9.17) is 9.29 Å². The Labute approximate surface area is 139 Å². The van der Waals surface area contributed by atoms with E-state index in [1.807, 2.05) is 13.8 Å². The van der Waals surface area contributed by atoms with Gasteiger partial charge in [0.25, 0.3) is 10.1 Å². The number of carbonyl (C=O) groups is 1. The fourth-order valence-corrected chi connectivity index (χ4v) is 5.70. The second kappa shape index (κ2) is 6.43. The van der Waals surface area contributed by atoms with E-state index in [0.717, 1.165) is 19.5 Å². The van der Waals surface area contributed by atoms with Crippen molar-refractivity contribution in [3.8, 4) is 0 Å². The molecule has 3 aliphatic rings. The maximum Gasteiger partial charge on any atom is 0.265 e. The lowest BCUT2D eigenvalue weighted by molar-refractivity contribution is -0.128. The lowest BCUT2D eigenvalue weighted by Crippen LogP contribution is -2.42. The summed E-state index contributed by atoms with van der Waals surface area (Å²) in [6.07, 6.45) is 2.78. The van der Waals surface area contributed by atoms with Crippen LogP contribution >= 0.6 is 0 Å². The summed E-state index contributed by atoms with van der Waals surface area (Å²) in [4.78, 5) is 11.9. The monoisotopic (exact) mass is 347 g/mol. The molecule has 6 nitrogen and oxygen atoms in total. The maximum atomic E-state index is 11.9. The van der Waals surface area contributed by atoms with Crippen molar-refractivity contribution in [2.75, 3.05) is 18.8 Å². The third-order valence-corrected chi connectivity index (χ3v) is 6.75. The third kappa shape index (κ3) is 3.78. The Morgan fingerprint density at radius 3 is 2.13 bits per heavy atom. The Balaban J connectivity index is 0.000000203. The van der Waals surface area contributed by atoms with E-state index in [1.165, 1.54) is 0 Å². The summed E-state index contributed by atoms with van der Waals surface area (Å²) in [6, 6.07) is 0. The first-order valence-corrected chi connectivity index (χ1v) is 9.93. The van der Waals surface area contributed by atoms with Gasteiger partial charge < -0.3 is 10.1 Å². The summed E-state index contributed by atoms with van der Waals surface area (Å²) < 4.78 is 36.4. The van der Waals surface area contributed by atoms with Gasteiger partial charge in [-0.25, -0.2) is 0 Å². The number of morpholine rings is 1. The lowest BCUT2D eigenvalue weighted by atomic mass is 9.70. The predicted molar refractivity (Wildman–Crippen MR) is 87.9 cm³/mol. The van der Waals surface area contributed by atoms with Crippen LogP contribution in [0.5, 0.6) is 0 Å². The van der Waals surface area contributed by atoms with Gasteiger partial charge in [0, 0.05) is 19.5 Å². The van der Waals surface area contributed by atoms with E-state index in [0.29, 0.717) is 25.0 Å². The molecule has 4 atom stereocenters. The molecule has 1 saturated heterocycles. The van der Waals surface area contributed by atoms with Gasteiger partial charge in [0.15, 0.2) is 0 Å². The van der Waals surface area contributed by atoms with Gasteiger partial charge in [0.05, 0.1) is 23.4 Å². The molecule has 0 aromatic heterocycles. The Kier molecular flexibility index (Phi) is 5.26. The Morgan fingerprint density at radius 2 is 1.83 bits per heavy atom. The average molecular weight is 347 g/mol. The SMILES string of the molecule is CC1(C)[C@@H]2CC[C@@]1(CS(=O)(=O)O)C(=O)C2.C[C@@H]1CNC[C@@H](C)O1. The van der Waals surface area contributed by atoms with Crippen molar-refractivity contribution in [3.63, 3.8) is 0 Å². The first-order valence-electron chi connectivity index (χ1n) is 8.32. The van der Waals surface area contributed by atoms with Crippen LogP contribution in [0, 0.1) is 16.7 Å². The van der Waals surface area contributed by atoms with E-state index >= 15 is 0 Å². The molecule has 2 bridgehead atoms. The number of nitrogens with one attached hydrogen (secondary N) is 1. The van der Waals surface area contributed by atoms with E-state index < -0.39 is 21.3 Å². The van der Waals surface area contributed by atoms with Crippen LogP contribution in [0.2, 0.25) is 0 Å². The number of ether oxygens (including phenoxy) is 1. The van der Waals surface area contributed by atoms with E-state index in [1.54, 1.807) is 0 Å². The van der Waals surface area contributed by atoms with Gasteiger partial charge in [0.1, 0.15) is 5.78 Å². The van der Waals surface area contributed by atoms with Crippen molar-refractivity contribution in [1.29, 1.82) is 0 Å². The summed E-state index contributed by atoms with van der Waals surface area (Å²) >= 11 is 0. The van der Waals surface area contributed by atoms with Crippen molar-refractivity contribution in [1.82, 2.24) is 5.32 Å². The normalized spacial score (nSPS) is 39.0. The molecule has 0 spiro atoms. The van der Waals surface area contributed by atoms with Crippen LogP contribution in [0.4, 0.5) is 0 Å². The minimum absolute atomic E-state index is 0.0152. The highest BCUT2D eigenvalue weighted by molar-refractivity contribution is 7.85. The molecule has 0 aromatic carbocycles. The maximum absolute atomic E-state index is 11.9. The van der Waals surface area contributed by atoms with Crippen molar-refractivity contribution >= 4 is 15.9 Å². The van der Waals surface area contributed by atoms with Crippen LogP contribution in [0.25, 0.3) is 0 Å². The molecule has 0 unspecified atom stereocenters. The van der Waals surface area contributed by atoms with Crippen LogP contribution in [0.3, 0.4) is 0 Å². The van der Waals surface area contributed by atoms with Crippen molar-refractivity contribution in [2.45, 2.75) is 59.2 Å². The van der Waals surface area contributed by atoms with E-state index in [-0.39, 0.29) is 17.1 Å². The Morgan fingerprint density at radius 1 is 1.26 bits per heavy atom. The Hall–Kier alpha value is -0.500. The molecule has 2 aliphatic carbocycles. The summed E-state index contributed by atoms with van der Waals surface area (Å²) in [7, 11) is -4.08. The van der Waals surface area contributed by atoms with E-state index in [2.05, 4.69) is 19.2 Å². The minimum atomic E-state index is -4.08. The van der Waals surface area contributed by atoms with Gasteiger partial charge in [-0.3, -0.25) is 9.35 Å². The molecule has 1 aliphatic heterocycles. The molecular formula is C16H29NO5S. The topological polar surface area (TPSA) is 92.7 Å². The molecular weight excluding hydrogens is 318 g/mol. The highest BCUT2D eigenvalue weighted by Gasteiger charge is 2.65. The molecule has 134 valence electrons. The van der Waals surface area contributed by atoms with Crippen LogP contribution in [0.15, 0.2) is 0 Å². The van der Waals surface area contributed by atoms with Crippen LogP contribution in [-0.2, 0) is 19.6 Å². The van der Waals surface area contributed by atoms with Crippen LogP contribution in [0.1, 0.15) is 47.0 Å². The van der Waals surface area contributed by atoms with Gasteiger partial charge in [-0.05, 0) is 38.0 Å². The highest BCUT2D eigenvalue weighted by atomic mass is 32.2. The lowest BCUT2D eigenvalue weighted by Gasteiger charge is -2.35. The van der Waals surface area contributed by atoms with Gasteiger partial charge >= 0.3 is 0 Å².